The fourth-order valence-electron chi connectivity index (χ4n) is 2.83. The van der Waals surface area contributed by atoms with Crippen molar-refractivity contribution < 1.29 is 4.74 Å². The summed E-state index contributed by atoms with van der Waals surface area (Å²) in [6.07, 6.45) is 1.19. The van der Waals surface area contributed by atoms with E-state index in [1.807, 2.05) is 0 Å². The van der Waals surface area contributed by atoms with Crippen LogP contribution in [0.5, 0.6) is 5.75 Å². The monoisotopic (exact) mass is 412 g/mol. The standard InChI is InChI=1S/C16H25BrN2O.2ClH/c1-12(2)10-15(19-8-6-18-7-9-19)13-4-5-16(20-3)14(17)11-13;;/h4-5,11-12,15,18H,6-10H2,1-3H3;2*1H/t15-;;/m0../s1. The molecule has 0 aromatic heterocycles. The number of methoxy groups -OCH3 is 1. The van der Waals surface area contributed by atoms with E-state index in [2.05, 4.69) is 58.2 Å². The highest BCUT2D eigenvalue weighted by Crippen LogP contribution is 2.33. The van der Waals surface area contributed by atoms with Crippen molar-refractivity contribution in [2.45, 2.75) is 26.3 Å². The summed E-state index contributed by atoms with van der Waals surface area (Å²) in [5, 5.41) is 3.43. The molecule has 0 amide bonds. The van der Waals surface area contributed by atoms with E-state index in [1.165, 1.54) is 12.0 Å². The second kappa shape index (κ2) is 10.7. The molecule has 1 fully saturated rings. The van der Waals surface area contributed by atoms with E-state index in [9.17, 15) is 0 Å². The van der Waals surface area contributed by atoms with Crippen LogP contribution in [0.15, 0.2) is 22.7 Å². The molecule has 1 aliphatic heterocycles. The molecule has 6 heteroatoms. The van der Waals surface area contributed by atoms with Crippen LogP contribution in [0.1, 0.15) is 31.9 Å². The molecule has 0 radical (unpaired) electrons. The molecular formula is C16H27BrCl2N2O. The van der Waals surface area contributed by atoms with E-state index >= 15 is 0 Å². The number of rotatable bonds is 5. The Morgan fingerprint density at radius 3 is 2.36 bits per heavy atom. The summed E-state index contributed by atoms with van der Waals surface area (Å²) in [5.41, 5.74) is 1.38. The van der Waals surface area contributed by atoms with E-state index in [4.69, 9.17) is 4.74 Å². The number of nitrogens with zero attached hydrogens (tertiary/aromatic N) is 1. The zero-order chi connectivity index (χ0) is 14.5. The maximum absolute atomic E-state index is 5.34. The summed E-state index contributed by atoms with van der Waals surface area (Å²) in [4.78, 5) is 2.60. The molecule has 22 heavy (non-hydrogen) atoms. The highest BCUT2D eigenvalue weighted by molar-refractivity contribution is 9.10. The summed E-state index contributed by atoms with van der Waals surface area (Å²) in [6.45, 7) is 9.03. The molecule has 3 nitrogen and oxygen atoms in total. The zero-order valence-corrected chi connectivity index (χ0v) is 16.7. The van der Waals surface area contributed by atoms with Crippen molar-refractivity contribution in [1.82, 2.24) is 10.2 Å². The Hall–Kier alpha value is -0.000000000000000111. The van der Waals surface area contributed by atoms with Gasteiger partial charge in [0.1, 0.15) is 5.75 Å². The number of hydrogen-bond acceptors (Lipinski definition) is 3. The van der Waals surface area contributed by atoms with Crippen molar-refractivity contribution in [2.75, 3.05) is 33.3 Å². The van der Waals surface area contributed by atoms with Gasteiger partial charge in [-0.05, 0) is 46.0 Å². The number of benzene rings is 1. The van der Waals surface area contributed by atoms with Gasteiger partial charge in [0.2, 0.25) is 0 Å². The predicted molar refractivity (Wildman–Crippen MR) is 102 cm³/mol. The summed E-state index contributed by atoms with van der Waals surface area (Å²) in [5.74, 6) is 1.59. The van der Waals surface area contributed by atoms with Gasteiger partial charge in [-0.15, -0.1) is 24.8 Å². The first-order chi connectivity index (χ1) is 9.61. The first-order valence-corrected chi connectivity index (χ1v) is 8.19. The van der Waals surface area contributed by atoms with E-state index in [0.29, 0.717) is 12.0 Å². The van der Waals surface area contributed by atoms with Crippen molar-refractivity contribution in [3.8, 4) is 5.75 Å². The van der Waals surface area contributed by atoms with Gasteiger partial charge in [0.05, 0.1) is 11.6 Å². The van der Waals surface area contributed by atoms with Crippen LogP contribution in [0, 0.1) is 5.92 Å². The van der Waals surface area contributed by atoms with Crippen LogP contribution in [0.25, 0.3) is 0 Å². The minimum Gasteiger partial charge on any atom is -0.496 e. The quantitative estimate of drug-likeness (QED) is 0.778. The van der Waals surface area contributed by atoms with Gasteiger partial charge in [-0.3, -0.25) is 4.90 Å². The van der Waals surface area contributed by atoms with Gasteiger partial charge in [-0.2, -0.15) is 0 Å². The largest absolute Gasteiger partial charge is 0.496 e. The second-order valence-corrected chi connectivity index (χ2v) is 6.68. The molecule has 1 saturated heterocycles. The SMILES string of the molecule is COc1ccc([C@H](CC(C)C)N2CCNCC2)cc1Br.Cl.Cl. The van der Waals surface area contributed by atoms with Crippen molar-refractivity contribution in [3.05, 3.63) is 28.2 Å². The van der Waals surface area contributed by atoms with E-state index < -0.39 is 0 Å². The van der Waals surface area contributed by atoms with Crippen molar-refractivity contribution in [2.24, 2.45) is 5.92 Å². The Bertz CT molecular complexity index is 440. The average molecular weight is 414 g/mol. The van der Waals surface area contributed by atoms with Gasteiger partial charge in [-0.25, -0.2) is 0 Å². The van der Waals surface area contributed by atoms with Crippen LogP contribution in [-0.2, 0) is 0 Å². The maximum atomic E-state index is 5.34. The summed E-state index contributed by atoms with van der Waals surface area (Å²) in [7, 11) is 1.71. The first kappa shape index (κ1) is 22.0. The molecule has 0 unspecified atom stereocenters. The first-order valence-electron chi connectivity index (χ1n) is 7.40. The Labute approximate surface area is 155 Å². The number of ether oxygens (including phenoxy) is 1. The second-order valence-electron chi connectivity index (χ2n) is 5.83. The third kappa shape index (κ3) is 5.89. The van der Waals surface area contributed by atoms with Crippen LogP contribution in [0.4, 0.5) is 0 Å². The molecule has 0 bridgehead atoms. The molecule has 1 N–H and O–H groups in total. The van der Waals surface area contributed by atoms with Crippen LogP contribution < -0.4 is 10.1 Å². The van der Waals surface area contributed by atoms with Crippen LogP contribution >= 0.6 is 40.7 Å². The number of piperazine rings is 1. The third-order valence-corrected chi connectivity index (χ3v) is 4.47. The fraction of sp³-hybridized carbons (Fsp3) is 0.625. The summed E-state index contributed by atoms with van der Waals surface area (Å²) in [6, 6.07) is 6.99. The smallest absolute Gasteiger partial charge is 0.133 e. The minimum absolute atomic E-state index is 0. The highest BCUT2D eigenvalue weighted by Gasteiger charge is 2.23. The van der Waals surface area contributed by atoms with E-state index in [-0.39, 0.29) is 24.8 Å². The molecule has 1 aromatic rings. The van der Waals surface area contributed by atoms with Crippen LogP contribution in [0.2, 0.25) is 0 Å². The molecule has 1 aromatic carbocycles. The van der Waals surface area contributed by atoms with Gasteiger partial charge < -0.3 is 10.1 Å². The lowest BCUT2D eigenvalue weighted by atomic mass is 9.95. The molecule has 1 heterocycles. The predicted octanol–water partition coefficient (Wildman–Crippen LogP) is 4.29. The van der Waals surface area contributed by atoms with E-state index in [0.717, 1.165) is 36.4 Å². The summed E-state index contributed by atoms with van der Waals surface area (Å²) < 4.78 is 6.38. The van der Waals surface area contributed by atoms with Crippen LogP contribution in [-0.4, -0.2) is 38.2 Å². The minimum atomic E-state index is 0. The van der Waals surface area contributed by atoms with Gasteiger partial charge in [-0.1, -0.05) is 19.9 Å². The Morgan fingerprint density at radius 2 is 1.86 bits per heavy atom. The van der Waals surface area contributed by atoms with Gasteiger partial charge in [0.25, 0.3) is 0 Å². The van der Waals surface area contributed by atoms with Crippen LogP contribution in [0.3, 0.4) is 0 Å². The topological polar surface area (TPSA) is 24.5 Å². The number of nitrogens with one attached hydrogen (secondary N) is 1. The molecule has 128 valence electrons. The lowest BCUT2D eigenvalue weighted by Crippen LogP contribution is -2.45. The lowest BCUT2D eigenvalue weighted by molar-refractivity contribution is 0.154. The molecule has 0 saturated carbocycles. The summed E-state index contributed by atoms with van der Waals surface area (Å²) >= 11 is 3.61. The van der Waals surface area contributed by atoms with Gasteiger partial charge >= 0.3 is 0 Å². The molecular weight excluding hydrogens is 387 g/mol. The van der Waals surface area contributed by atoms with Gasteiger partial charge in [0, 0.05) is 32.2 Å². The molecule has 0 aliphatic carbocycles. The average Bonchev–Trinajstić information content (AvgIpc) is 2.45. The molecule has 1 atom stereocenters. The fourth-order valence-corrected chi connectivity index (χ4v) is 3.38. The number of halogens is 3. The molecule has 2 rings (SSSR count). The molecule has 0 spiro atoms. The van der Waals surface area contributed by atoms with Crippen molar-refractivity contribution >= 4 is 40.7 Å². The Kier molecular flexibility index (Phi) is 10.7. The Balaban J connectivity index is 0.00000220. The maximum Gasteiger partial charge on any atom is 0.133 e. The van der Waals surface area contributed by atoms with E-state index in [1.54, 1.807) is 7.11 Å². The van der Waals surface area contributed by atoms with Gasteiger partial charge in [0.15, 0.2) is 0 Å². The Morgan fingerprint density at radius 1 is 1.23 bits per heavy atom. The lowest BCUT2D eigenvalue weighted by Gasteiger charge is -2.36. The zero-order valence-electron chi connectivity index (χ0n) is 13.5. The highest BCUT2D eigenvalue weighted by atomic mass is 79.9. The molecule has 1 aliphatic rings. The number of hydrogen-bond donors (Lipinski definition) is 1. The van der Waals surface area contributed by atoms with Crippen molar-refractivity contribution in [3.63, 3.8) is 0 Å². The normalized spacial score (nSPS) is 16.6. The third-order valence-electron chi connectivity index (χ3n) is 3.85. The van der Waals surface area contributed by atoms with Crippen molar-refractivity contribution in [1.29, 1.82) is 0 Å².